The molecule has 0 aromatic heterocycles. The number of carbonyl (C=O) groups is 1. The van der Waals surface area contributed by atoms with Crippen LogP contribution in [0.5, 0.6) is 0 Å². The highest BCUT2D eigenvalue weighted by Crippen LogP contribution is 2.23. The zero-order chi connectivity index (χ0) is 13.1. The van der Waals surface area contributed by atoms with Crippen LogP contribution < -0.4 is 0 Å². The van der Waals surface area contributed by atoms with E-state index in [4.69, 9.17) is 0 Å². The first-order valence-corrected chi connectivity index (χ1v) is 6.88. The molecule has 2 nitrogen and oxygen atoms in total. The van der Waals surface area contributed by atoms with Crippen LogP contribution in [0, 0.1) is 18.8 Å². The predicted octanol–water partition coefficient (Wildman–Crippen LogP) is 3.16. The summed E-state index contributed by atoms with van der Waals surface area (Å²) in [5.74, 6) is 1.74. The fourth-order valence-corrected chi connectivity index (χ4v) is 2.58. The van der Waals surface area contributed by atoms with E-state index in [1.807, 2.05) is 31.2 Å². The summed E-state index contributed by atoms with van der Waals surface area (Å²) in [6.07, 6.45) is 1.23. The fourth-order valence-electron chi connectivity index (χ4n) is 2.58. The van der Waals surface area contributed by atoms with Crippen molar-refractivity contribution in [3.8, 4) is 0 Å². The largest absolute Gasteiger partial charge is 0.296 e. The molecule has 18 heavy (non-hydrogen) atoms. The van der Waals surface area contributed by atoms with E-state index in [9.17, 15) is 4.79 Å². The van der Waals surface area contributed by atoms with Gasteiger partial charge in [0.25, 0.3) is 0 Å². The smallest absolute Gasteiger partial charge is 0.176 e. The lowest BCUT2D eigenvalue weighted by Crippen LogP contribution is -2.28. The topological polar surface area (TPSA) is 20.3 Å². The first-order chi connectivity index (χ1) is 8.56. The van der Waals surface area contributed by atoms with Crippen LogP contribution >= 0.6 is 0 Å². The molecular formula is C16H23NO. The average Bonchev–Trinajstić information content (AvgIpc) is 2.78. The maximum atomic E-state index is 12.1. The van der Waals surface area contributed by atoms with Gasteiger partial charge in [-0.3, -0.25) is 9.69 Å². The van der Waals surface area contributed by atoms with Crippen LogP contribution in [0.3, 0.4) is 0 Å². The maximum Gasteiger partial charge on any atom is 0.176 e. The number of ketones is 1. The molecule has 0 spiro atoms. The van der Waals surface area contributed by atoms with E-state index in [2.05, 4.69) is 18.7 Å². The van der Waals surface area contributed by atoms with Crippen molar-refractivity contribution < 1.29 is 4.79 Å². The third-order valence-corrected chi connectivity index (χ3v) is 3.99. The number of hydrogen-bond acceptors (Lipinski definition) is 2. The molecule has 2 heteroatoms. The Morgan fingerprint density at radius 2 is 2.00 bits per heavy atom. The molecule has 1 aliphatic heterocycles. The minimum Gasteiger partial charge on any atom is -0.296 e. The monoisotopic (exact) mass is 245 g/mol. The van der Waals surface area contributed by atoms with E-state index >= 15 is 0 Å². The van der Waals surface area contributed by atoms with Gasteiger partial charge in [0, 0.05) is 12.1 Å². The maximum absolute atomic E-state index is 12.1. The van der Waals surface area contributed by atoms with Gasteiger partial charge in [0.1, 0.15) is 0 Å². The standard InChI is InChI=1S/C16H23NO/c1-12(2)15-8-9-17(10-15)11-16(18)14-6-4-13(3)5-7-14/h4-7,12,15H,8-11H2,1-3H3. The number of likely N-dealkylation sites (tertiary alicyclic amines) is 1. The SMILES string of the molecule is Cc1ccc(C(=O)CN2CCC(C(C)C)C2)cc1. The Labute approximate surface area is 110 Å². The van der Waals surface area contributed by atoms with Crippen molar-refractivity contribution in [3.63, 3.8) is 0 Å². The minimum absolute atomic E-state index is 0.249. The molecule has 98 valence electrons. The third kappa shape index (κ3) is 3.20. The molecule has 1 aliphatic rings. The van der Waals surface area contributed by atoms with Gasteiger partial charge in [0.2, 0.25) is 0 Å². The van der Waals surface area contributed by atoms with Crippen LogP contribution in [0.15, 0.2) is 24.3 Å². The number of Topliss-reactive ketones (excluding diaryl/α,β-unsaturated/α-hetero) is 1. The molecule has 0 aliphatic carbocycles. The summed E-state index contributed by atoms with van der Waals surface area (Å²) in [6, 6.07) is 7.89. The quantitative estimate of drug-likeness (QED) is 0.759. The second-order valence-corrected chi connectivity index (χ2v) is 5.82. The number of hydrogen-bond donors (Lipinski definition) is 0. The Balaban J connectivity index is 1.91. The van der Waals surface area contributed by atoms with Gasteiger partial charge in [-0.15, -0.1) is 0 Å². The Bertz CT molecular complexity index is 408. The normalized spacial score (nSPS) is 20.6. The lowest BCUT2D eigenvalue weighted by molar-refractivity contribution is 0.0942. The van der Waals surface area contributed by atoms with E-state index in [-0.39, 0.29) is 5.78 Å². The van der Waals surface area contributed by atoms with Crippen molar-refractivity contribution in [3.05, 3.63) is 35.4 Å². The molecule has 1 heterocycles. The number of nitrogens with zero attached hydrogens (tertiary/aromatic N) is 1. The lowest BCUT2D eigenvalue weighted by atomic mass is 9.95. The van der Waals surface area contributed by atoms with Crippen molar-refractivity contribution in [1.82, 2.24) is 4.90 Å². The second kappa shape index (κ2) is 5.66. The molecular weight excluding hydrogens is 222 g/mol. The number of benzene rings is 1. The lowest BCUT2D eigenvalue weighted by Gasteiger charge is -2.17. The van der Waals surface area contributed by atoms with Crippen molar-refractivity contribution in [2.24, 2.45) is 11.8 Å². The van der Waals surface area contributed by atoms with Crippen LogP contribution in [-0.2, 0) is 0 Å². The van der Waals surface area contributed by atoms with Crippen LogP contribution in [0.25, 0.3) is 0 Å². The van der Waals surface area contributed by atoms with E-state index < -0.39 is 0 Å². The molecule has 1 aromatic carbocycles. The van der Waals surface area contributed by atoms with Crippen molar-refractivity contribution >= 4 is 5.78 Å². The summed E-state index contributed by atoms with van der Waals surface area (Å²) in [7, 11) is 0. The molecule has 0 amide bonds. The van der Waals surface area contributed by atoms with Gasteiger partial charge in [-0.05, 0) is 31.7 Å². The summed E-state index contributed by atoms with van der Waals surface area (Å²) in [4.78, 5) is 14.4. The summed E-state index contributed by atoms with van der Waals surface area (Å²) >= 11 is 0. The highest BCUT2D eigenvalue weighted by molar-refractivity contribution is 5.97. The van der Waals surface area contributed by atoms with E-state index in [1.165, 1.54) is 12.0 Å². The molecule has 0 radical (unpaired) electrons. The van der Waals surface area contributed by atoms with Crippen molar-refractivity contribution in [1.29, 1.82) is 0 Å². The first-order valence-electron chi connectivity index (χ1n) is 6.88. The molecule has 2 rings (SSSR count). The van der Waals surface area contributed by atoms with Gasteiger partial charge >= 0.3 is 0 Å². The summed E-state index contributed by atoms with van der Waals surface area (Å²) < 4.78 is 0. The van der Waals surface area contributed by atoms with Crippen LogP contribution in [0.2, 0.25) is 0 Å². The van der Waals surface area contributed by atoms with Crippen molar-refractivity contribution in [2.45, 2.75) is 27.2 Å². The Morgan fingerprint density at radius 3 is 2.56 bits per heavy atom. The summed E-state index contributed by atoms with van der Waals surface area (Å²) in [5.41, 5.74) is 2.04. The Hall–Kier alpha value is -1.15. The van der Waals surface area contributed by atoms with Crippen LogP contribution in [0.1, 0.15) is 36.2 Å². The average molecular weight is 245 g/mol. The van der Waals surface area contributed by atoms with E-state index in [0.717, 1.165) is 30.5 Å². The van der Waals surface area contributed by atoms with E-state index in [1.54, 1.807) is 0 Å². The van der Waals surface area contributed by atoms with Gasteiger partial charge in [-0.2, -0.15) is 0 Å². The molecule has 1 fully saturated rings. The highest BCUT2D eigenvalue weighted by atomic mass is 16.1. The molecule has 1 unspecified atom stereocenters. The third-order valence-electron chi connectivity index (χ3n) is 3.99. The summed E-state index contributed by atoms with van der Waals surface area (Å²) in [5, 5.41) is 0. The van der Waals surface area contributed by atoms with Crippen molar-refractivity contribution in [2.75, 3.05) is 19.6 Å². The van der Waals surface area contributed by atoms with Gasteiger partial charge in [-0.25, -0.2) is 0 Å². The molecule has 1 atom stereocenters. The second-order valence-electron chi connectivity index (χ2n) is 5.82. The van der Waals surface area contributed by atoms with Gasteiger partial charge < -0.3 is 0 Å². The number of carbonyl (C=O) groups excluding carboxylic acids is 1. The first kappa shape index (κ1) is 13.3. The molecule has 0 bridgehead atoms. The van der Waals surface area contributed by atoms with Crippen LogP contribution in [0.4, 0.5) is 0 Å². The Morgan fingerprint density at radius 1 is 1.33 bits per heavy atom. The zero-order valence-corrected chi connectivity index (χ0v) is 11.6. The summed E-state index contributed by atoms with van der Waals surface area (Å²) in [6.45, 7) is 9.32. The number of aryl methyl sites for hydroxylation is 1. The predicted molar refractivity (Wildman–Crippen MR) is 74.9 cm³/mol. The fraction of sp³-hybridized carbons (Fsp3) is 0.562. The van der Waals surface area contributed by atoms with Crippen LogP contribution in [-0.4, -0.2) is 30.3 Å². The van der Waals surface area contributed by atoms with Gasteiger partial charge in [0.05, 0.1) is 6.54 Å². The molecule has 0 N–H and O–H groups in total. The molecule has 0 saturated carbocycles. The number of rotatable bonds is 4. The van der Waals surface area contributed by atoms with Gasteiger partial charge in [-0.1, -0.05) is 43.7 Å². The van der Waals surface area contributed by atoms with Gasteiger partial charge in [0.15, 0.2) is 5.78 Å². The zero-order valence-electron chi connectivity index (χ0n) is 11.6. The van der Waals surface area contributed by atoms with E-state index in [0.29, 0.717) is 6.54 Å². The molecule has 1 aromatic rings. The Kier molecular flexibility index (Phi) is 4.18. The minimum atomic E-state index is 0.249. The highest BCUT2D eigenvalue weighted by Gasteiger charge is 2.26. The molecule has 1 saturated heterocycles.